The van der Waals surface area contributed by atoms with Gasteiger partial charge in [0, 0.05) is 0 Å². The fourth-order valence-corrected chi connectivity index (χ4v) is 1.17. The summed E-state index contributed by atoms with van der Waals surface area (Å²) in [5, 5.41) is 0. The second-order valence-electron chi connectivity index (χ2n) is 2.36. The maximum absolute atomic E-state index is 12.4. The molecule has 0 aromatic heterocycles. The maximum Gasteiger partial charge on any atom is 1.00 e. The first-order valence-electron chi connectivity index (χ1n) is 3.19. The molecule has 0 aliphatic carbocycles. The average molecular weight is 246 g/mol. The molecule has 0 rings (SSSR count). The third-order valence-corrected chi connectivity index (χ3v) is 1.93. The van der Waals surface area contributed by atoms with Gasteiger partial charge in [-0.2, -0.15) is 0 Å². The van der Waals surface area contributed by atoms with E-state index in [-0.39, 0.29) is 29.6 Å². The molecule has 0 aliphatic rings. The zero-order valence-corrected chi connectivity index (χ0v) is 10.1. The van der Waals surface area contributed by atoms with Crippen LogP contribution < -0.4 is 29.6 Å². The molecule has 0 radical (unpaired) electrons. The minimum atomic E-state index is -4.96. The van der Waals surface area contributed by atoms with Crippen molar-refractivity contribution in [1.82, 2.24) is 0 Å². The maximum atomic E-state index is 12.4. The SMILES string of the molecule is O=S(=O)([O-])CC(F)C(F)C(F)CF.[Na+]. The molecule has 0 saturated heterocycles. The second kappa shape index (κ2) is 7.00. The average Bonchev–Trinajstić information content (AvgIpc) is 1.98. The molecule has 3 nitrogen and oxygen atoms in total. The van der Waals surface area contributed by atoms with Crippen molar-refractivity contribution in [2.75, 3.05) is 12.4 Å². The molecule has 0 aromatic carbocycles. The number of alkyl halides is 4. The minimum absolute atomic E-state index is 0. The Morgan fingerprint density at radius 2 is 1.57 bits per heavy atom. The molecular weight excluding hydrogens is 239 g/mol. The van der Waals surface area contributed by atoms with Gasteiger partial charge in [-0.15, -0.1) is 0 Å². The van der Waals surface area contributed by atoms with Crippen molar-refractivity contribution in [1.29, 1.82) is 0 Å². The van der Waals surface area contributed by atoms with Gasteiger partial charge in [-0.25, -0.2) is 26.0 Å². The monoisotopic (exact) mass is 246 g/mol. The Morgan fingerprint density at radius 3 is 1.86 bits per heavy atom. The zero-order chi connectivity index (χ0) is 10.6. The number of rotatable bonds is 5. The van der Waals surface area contributed by atoms with Gasteiger partial charge in [0.2, 0.25) is 0 Å². The van der Waals surface area contributed by atoms with Crippen molar-refractivity contribution in [3.05, 3.63) is 0 Å². The second-order valence-corrected chi connectivity index (χ2v) is 3.80. The van der Waals surface area contributed by atoms with E-state index in [4.69, 9.17) is 0 Å². The molecule has 0 N–H and O–H groups in total. The largest absolute Gasteiger partial charge is 1.00 e. The standard InChI is InChI=1S/C5H8F4O3S.Na/c6-1-3(7)5(9)4(8)2-13(10,11)12;/h3-5H,1-2H2,(H,10,11,12);/q;+1/p-1. The minimum Gasteiger partial charge on any atom is -0.748 e. The van der Waals surface area contributed by atoms with E-state index in [1.165, 1.54) is 0 Å². The van der Waals surface area contributed by atoms with E-state index in [9.17, 15) is 30.5 Å². The molecule has 0 aromatic rings. The van der Waals surface area contributed by atoms with Crippen molar-refractivity contribution in [3.8, 4) is 0 Å². The molecule has 0 saturated carbocycles. The first kappa shape index (κ1) is 17.0. The summed E-state index contributed by atoms with van der Waals surface area (Å²) in [5.41, 5.74) is 0. The Balaban J connectivity index is 0. The normalized spacial score (nSPS) is 18.1. The van der Waals surface area contributed by atoms with Crippen molar-refractivity contribution in [3.63, 3.8) is 0 Å². The van der Waals surface area contributed by atoms with E-state index in [1.54, 1.807) is 0 Å². The smallest absolute Gasteiger partial charge is 0.748 e. The van der Waals surface area contributed by atoms with Gasteiger partial charge in [0.25, 0.3) is 0 Å². The van der Waals surface area contributed by atoms with Gasteiger partial charge in [-0.05, 0) is 0 Å². The Bertz CT molecular complexity index is 247. The molecule has 14 heavy (non-hydrogen) atoms. The molecule has 0 spiro atoms. The van der Waals surface area contributed by atoms with Crippen LogP contribution in [0, 0.1) is 0 Å². The van der Waals surface area contributed by atoms with Gasteiger partial charge < -0.3 is 4.55 Å². The molecule has 9 heteroatoms. The van der Waals surface area contributed by atoms with Crippen LogP contribution in [0.1, 0.15) is 0 Å². The van der Waals surface area contributed by atoms with Crippen LogP contribution in [0.15, 0.2) is 0 Å². The van der Waals surface area contributed by atoms with Gasteiger partial charge in [-0.3, -0.25) is 0 Å². The number of hydrogen-bond acceptors (Lipinski definition) is 3. The van der Waals surface area contributed by atoms with Gasteiger partial charge in [-0.1, -0.05) is 0 Å². The van der Waals surface area contributed by atoms with Crippen LogP contribution in [0.4, 0.5) is 17.6 Å². The molecular formula is C5H7F4NaO3S. The summed E-state index contributed by atoms with van der Waals surface area (Å²) in [6.07, 6.45) is -8.49. The molecule has 0 aliphatic heterocycles. The first-order valence-corrected chi connectivity index (χ1v) is 4.77. The van der Waals surface area contributed by atoms with E-state index in [2.05, 4.69) is 0 Å². The Kier molecular flexibility index (Phi) is 8.51. The van der Waals surface area contributed by atoms with Gasteiger partial charge in [0.05, 0.1) is 15.9 Å². The van der Waals surface area contributed by atoms with Gasteiger partial charge in [0.15, 0.2) is 12.3 Å². The summed E-state index contributed by atoms with van der Waals surface area (Å²) < 4.78 is 77.8. The van der Waals surface area contributed by atoms with Crippen LogP contribution in [0.5, 0.6) is 0 Å². The number of hydrogen-bond donors (Lipinski definition) is 0. The summed E-state index contributed by atoms with van der Waals surface area (Å²) in [7, 11) is -4.96. The van der Waals surface area contributed by atoms with Crippen LogP contribution in [0.25, 0.3) is 0 Å². The molecule has 3 atom stereocenters. The van der Waals surface area contributed by atoms with Crippen molar-refractivity contribution in [2.24, 2.45) is 0 Å². The van der Waals surface area contributed by atoms with Crippen LogP contribution in [-0.2, 0) is 10.1 Å². The van der Waals surface area contributed by atoms with Crippen LogP contribution in [-0.4, -0.2) is 43.9 Å². The third-order valence-electron chi connectivity index (χ3n) is 1.20. The third kappa shape index (κ3) is 6.99. The van der Waals surface area contributed by atoms with E-state index in [0.29, 0.717) is 0 Å². The molecule has 0 fully saturated rings. The van der Waals surface area contributed by atoms with Crippen LogP contribution >= 0.6 is 0 Å². The van der Waals surface area contributed by atoms with Gasteiger partial charge in [0.1, 0.15) is 12.8 Å². The van der Waals surface area contributed by atoms with E-state index < -0.39 is 41.1 Å². The Morgan fingerprint density at radius 1 is 1.14 bits per heavy atom. The van der Waals surface area contributed by atoms with Crippen molar-refractivity contribution in [2.45, 2.75) is 18.5 Å². The van der Waals surface area contributed by atoms with Gasteiger partial charge >= 0.3 is 29.6 Å². The zero-order valence-electron chi connectivity index (χ0n) is 7.29. The molecule has 3 unspecified atom stereocenters. The summed E-state index contributed by atoms with van der Waals surface area (Å²) in [6, 6.07) is 0. The van der Waals surface area contributed by atoms with E-state index in [1.807, 2.05) is 0 Å². The number of halogens is 4. The summed E-state index contributed by atoms with van der Waals surface area (Å²) in [6.45, 7) is -1.76. The van der Waals surface area contributed by atoms with E-state index >= 15 is 0 Å². The fourth-order valence-electron chi connectivity index (χ4n) is 0.599. The van der Waals surface area contributed by atoms with Crippen LogP contribution in [0.3, 0.4) is 0 Å². The summed E-state index contributed by atoms with van der Waals surface area (Å²) >= 11 is 0. The van der Waals surface area contributed by atoms with Crippen molar-refractivity contribution >= 4 is 10.1 Å². The molecule has 80 valence electrons. The van der Waals surface area contributed by atoms with E-state index in [0.717, 1.165) is 0 Å². The first-order chi connectivity index (χ1) is 5.78. The topological polar surface area (TPSA) is 57.2 Å². The van der Waals surface area contributed by atoms with Crippen molar-refractivity contribution < 1.29 is 60.1 Å². The quantitative estimate of drug-likeness (QED) is 0.306. The Labute approximate surface area is 101 Å². The summed E-state index contributed by atoms with van der Waals surface area (Å²) in [5.74, 6) is -1.69. The van der Waals surface area contributed by atoms with Crippen LogP contribution in [0.2, 0.25) is 0 Å². The predicted octanol–water partition coefficient (Wildman–Crippen LogP) is -2.48. The molecule has 0 amide bonds. The Hall–Kier alpha value is 0.630. The molecule has 0 heterocycles. The molecule has 0 bridgehead atoms. The predicted molar refractivity (Wildman–Crippen MR) is 35.2 cm³/mol. The fraction of sp³-hybridized carbons (Fsp3) is 1.00. The summed E-state index contributed by atoms with van der Waals surface area (Å²) in [4.78, 5) is 0.